The molecule has 0 aliphatic carbocycles. The van der Waals surface area contributed by atoms with E-state index in [-0.39, 0.29) is 12.1 Å². The number of hydrogen-bond acceptors (Lipinski definition) is 5. The first-order chi connectivity index (χ1) is 12.0. The van der Waals surface area contributed by atoms with Crippen LogP contribution in [0.4, 0.5) is 0 Å². The minimum Gasteiger partial charge on any atom is -0.508 e. The van der Waals surface area contributed by atoms with Crippen LogP contribution in [-0.2, 0) is 14.3 Å². The minimum atomic E-state index is -0.247. The summed E-state index contributed by atoms with van der Waals surface area (Å²) in [7, 11) is 0. The summed E-state index contributed by atoms with van der Waals surface area (Å²) in [6, 6.07) is 17.4. The summed E-state index contributed by atoms with van der Waals surface area (Å²) in [5.74, 6) is 0.396. The SMILES string of the molecule is C/C=C(\C)C(=O)OCC1CO1.Oc1ccccc1.Oc1ccccc1. The second-order valence-corrected chi connectivity index (χ2v) is 5.20. The zero-order valence-electron chi connectivity index (χ0n) is 14.5. The summed E-state index contributed by atoms with van der Waals surface area (Å²) in [6.07, 6.45) is 1.89. The number of para-hydroxylation sites is 2. The van der Waals surface area contributed by atoms with E-state index < -0.39 is 0 Å². The van der Waals surface area contributed by atoms with Gasteiger partial charge in [-0.1, -0.05) is 42.5 Å². The fraction of sp³-hybridized carbons (Fsp3) is 0.250. The lowest BCUT2D eigenvalue weighted by atomic mass is 10.3. The predicted molar refractivity (Wildman–Crippen MR) is 96.3 cm³/mol. The van der Waals surface area contributed by atoms with Gasteiger partial charge in [-0.15, -0.1) is 0 Å². The van der Waals surface area contributed by atoms with Gasteiger partial charge in [-0.05, 0) is 38.1 Å². The third-order valence-corrected chi connectivity index (χ3v) is 3.07. The molecule has 1 unspecified atom stereocenters. The van der Waals surface area contributed by atoms with Crippen molar-refractivity contribution < 1.29 is 24.5 Å². The highest BCUT2D eigenvalue weighted by Crippen LogP contribution is 2.09. The number of benzene rings is 2. The third kappa shape index (κ3) is 10.6. The normalized spacial score (nSPS) is 15.0. The Morgan fingerprint density at radius 3 is 1.80 bits per heavy atom. The average Bonchev–Trinajstić information content (AvgIpc) is 3.46. The fourth-order valence-corrected chi connectivity index (χ4v) is 1.42. The Hall–Kier alpha value is -2.79. The minimum absolute atomic E-state index is 0.156. The van der Waals surface area contributed by atoms with E-state index in [0.717, 1.165) is 6.61 Å². The molecule has 0 spiro atoms. The van der Waals surface area contributed by atoms with Crippen LogP contribution in [0.3, 0.4) is 0 Å². The summed E-state index contributed by atoms with van der Waals surface area (Å²) in [5.41, 5.74) is 0.644. The molecule has 2 aromatic carbocycles. The molecular formula is C20H24O5. The first-order valence-electron chi connectivity index (χ1n) is 7.92. The van der Waals surface area contributed by atoms with Crippen LogP contribution in [0, 0.1) is 0 Å². The van der Waals surface area contributed by atoms with Gasteiger partial charge in [0.2, 0.25) is 0 Å². The highest BCUT2D eigenvalue weighted by molar-refractivity contribution is 5.87. The van der Waals surface area contributed by atoms with Gasteiger partial charge >= 0.3 is 5.97 Å². The van der Waals surface area contributed by atoms with E-state index in [4.69, 9.17) is 19.7 Å². The van der Waals surface area contributed by atoms with Gasteiger partial charge in [0, 0.05) is 5.57 Å². The van der Waals surface area contributed by atoms with Crippen LogP contribution in [0.1, 0.15) is 13.8 Å². The molecule has 1 aliphatic heterocycles. The van der Waals surface area contributed by atoms with Crippen molar-refractivity contribution in [3.8, 4) is 11.5 Å². The number of epoxide rings is 1. The van der Waals surface area contributed by atoms with Gasteiger partial charge in [-0.25, -0.2) is 4.79 Å². The number of aromatic hydroxyl groups is 2. The monoisotopic (exact) mass is 344 g/mol. The van der Waals surface area contributed by atoms with Crippen molar-refractivity contribution in [1.29, 1.82) is 0 Å². The van der Waals surface area contributed by atoms with Gasteiger partial charge in [0.15, 0.2) is 0 Å². The number of ether oxygens (including phenoxy) is 2. The maximum Gasteiger partial charge on any atom is 0.333 e. The number of hydrogen-bond donors (Lipinski definition) is 2. The molecule has 2 N–H and O–H groups in total. The third-order valence-electron chi connectivity index (χ3n) is 3.07. The van der Waals surface area contributed by atoms with Gasteiger partial charge in [-0.2, -0.15) is 0 Å². The molecule has 1 atom stereocenters. The first-order valence-corrected chi connectivity index (χ1v) is 7.92. The number of rotatable bonds is 3. The molecule has 0 amide bonds. The summed E-state index contributed by atoms with van der Waals surface area (Å²) < 4.78 is 9.76. The fourth-order valence-electron chi connectivity index (χ4n) is 1.42. The lowest BCUT2D eigenvalue weighted by molar-refractivity contribution is -0.139. The number of carbonyl (C=O) groups excluding carboxylic acids is 1. The standard InChI is InChI=1S/C8H12O3.2C6H6O/c1-3-6(2)8(9)11-5-7-4-10-7;2*7-6-4-2-1-3-5-6/h3,7H,4-5H2,1-2H3;2*1-5,7H/b6-3+;;. The second kappa shape index (κ2) is 11.7. The Balaban J connectivity index is 0.000000195. The Morgan fingerprint density at radius 1 is 1.08 bits per heavy atom. The van der Waals surface area contributed by atoms with E-state index in [0.29, 0.717) is 23.7 Å². The van der Waals surface area contributed by atoms with Crippen molar-refractivity contribution in [1.82, 2.24) is 0 Å². The number of carbonyl (C=O) groups is 1. The molecule has 25 heavy (non-hydrogen) atoms. The molecular weight excluding hydrogens is 320 g/mol. The van der Waals surface area contributed by atoms with E-state index in [1.807, 2.05) is 19.1 Å². The Kier molecular flexibility index (Phi) is 9.48. The largest absolute Gasteiger partial charge is 0.508 e. The van der Waals surface area contributed by atoms with Crippen LogP contribution in [0.5, 0.6) is 11.5 Å². The quantitative estimate of drug-likeness (QED) is 0.504. The Labute approximate surface area is 148 Å². The molecule has 0 aromatic heterocycles. The van der Waals surface area contributed by atoms with Crippen LogP contribution < -0.4 is 0 Å². The summed E-state index contributed by atoms with van der Waals surface area (Å²) >= 11 is 0. The lowest BCUT2D eigenvalue weighted by Gasteiger charge is -2.00. The number of allylic oxidation sites excluding steroid dienone is 1. The molecule has 0 radical (unpaired) electrons. The molecule has 5 nitrogen and oxygen atoms in total. The van der Waals surface area contributed by atoms with Crippen molar-refractivity contribution >= 4 is 5.97 Å². The Bertz CT molecular complexity index is 596. The molecule has 1 saturated heterocycles. The zero-order valence-corrected chi connectivity index (χ0v) is 14.5. The summed E-state index contributed by atoms with van der Waals surface area (Å²) in [4.78, 5) is 11.0. The average molecular weight is 344 g/mol. The molecule has 0 saturated carbocycles. The number of phenolic OH excluding ortho intramolecular Hbond substituents is 2. The van der Waals surface area contributed by atoms with E-state index in [9.17, 15) is 4.79 Å². The highest BCUT2D eigenvalue weighted by Gasteiger charge is 2.24. The van der Waals surface area contributed by atoms with E-state index in [1.54, 1.807) is 61.5 Å². The molecule has 134 valence electrons. The molecule has 3 rings (SSSR count). The second-order valence-electron chi connectivity index (χ2n) is 5.20. The summed E-state index contributed by atoms with van der Waals surface area (Å²) in [5, 5.41) is 17.3. The van der Waals surface area contributed by atoms with E-state index >= 15 is 0 Å². The van der Waals surface area contributed by atoms with Crippen molar-refractivity contribution in [2.45, 2.75) is 20.0 Å². The molecule has 1 heterocycles. The number of phenols is 2. The van der Waals surface area contributed by atoms with Crippen LogP contribution in [0.15, 0.2) is 72.3 Å². The van der Waals surface area contributed by atoms with Crippen LogP contribution in [-0.4, -0.2) is 35.5 Å². The molecule has 0 bridgehead atoms. The van der Waals surface area contributed by atoms with Crippen LogP contribution in [0.2, 0.25) is 0 Å². The first kappa shape index (κ1) is 20.3. The topological polar surface area (TPSA) is 79.3 Å². The van der Waals surface area contributed by atoms with Crippen molar-refractivity contribution in [3.63, 3.8) is 0 Å². The van der Waals surface area contributed by atoms with Crippen molar-refractivity contribution in [3.05, 3.63) is 72.3 Å². The molecule has 1 aliphatic rings. The maximum atomic E-state index is 11.0. The lowest BCUT2D eigenvalue weighted by Crippen LogP contribution is -2.10. The highest BCUT2D eigenvalue weighted by atomic mass is 16.6. The van der Waals surface area contributed by atoms with Crippen LogP contribution in [0.25, 0.3) is 0 Å². The van der Waals surface area contributed by atoms with E-state index in [2.05, 4.69) is 0 Å². The van der Waals surface area contributed by atoms with Gasteiger partial charge in [-0.3, -0.25) is 0 Å². The smallest absolute Gasteiger partial charge is 0.333 e. The molecule has 5 heteroatoms. The van der Waals surface area contributed by atoms with Crippen molar-refractivity contribution in [2.24, 2.45) is 0 Å². The van der Waals surface area contributed by atoms with Gasteiger partial charge in [0.25, 0.3) is 0 Å². The summed E-state index contributed by atoms with van der Waals surface area (Å²) in [6.45, 7) is 4.66. The predicted octanol–water partition coefficient (Wildman–Crippen LogP) is 3.68. The molecule has 2 aromatic rings. The zero-order chi connectivity index (χ0) is 18.5. The van der Waals surface area contributed by atoms with Gasteiger partial charge < -0.3 is 19.7 Å². The van der Waals surface area contributed by atoms with Crippen LogP contribution >= 0.6 is 0 Å². The van der Waals surface area contributed by atoms with Gasteiger partial charge in [0.1, 0.15) is 24.2 Å². The van der Waals surface area contributed by atoms with Crippen molar-refractivity contribution in [2.75, 3.05) is 13.2 Å². The molecule has 1 fully saturated rings. The van der Waals surface area contributed by atoms with E-state index in [1.165, 1.54) is 0 Å². The van der Waals surface area contributed by atoms with Gasteiger partial charge in [0.05, 0.1) is 6.61 Å². The maximum absolute atomic E-state index is 11.0. The number of esters is 1. The Morgan fingerprint density at radius 2 is 1.52 bits per heavy atom.